The van der Waals surface area contributed by atoms with Gasteiger partial charge in [-0.3, -0.25) is 44.3 Å². The van der Waals surface area contributed by atoms with Crippen LogP contribution in [0.15, 0.2) is 12.7 Å². The van der Waals surface area contributed by atoms with Crippen LogP contribution in [-0.2, 0) is 28.8 Å². The lowest BCUT2D eigenvalue weighted by molar-refractivity contribution is -0.149. The van der Waals surface area contributed by atoms with Crippen LogP contribution in [0.4, 0.5) is 0 Å². The van der Waals surface area contributed by atoms with E-state index in [1.807, 2.05) is 34.6 Å². The number of carbonyl (C=O) groups excluding carboxylic acids is 6. The molecule has 5 N–H and O–H groups in total. The van der Waals surface area contributed by atoms with Crippen molar-refractivity contribution < 1.29 is 33.9 Å². The molecule has 5 amide bonds. The number of piperidine rings is 1. The molecule has 48 heavy (non-hydrogen) atoms. The van der Waals surface area contributed by atoms with Crippen LogP contribution in [0.25, 0.3) is 0 Å². The van der Waals surface area contributed by atoms with Crippen molar-refractivity contribution in [3.05, 3.63) is 12.7 Å². The average molecular weight is 675 g/mol. The molecule has 2 aliphatic heterocycles. The Kier molecular flexibility index (Phi) is 14.3. The first-order chi connectivity index (χ1) is 22.6. The molecule has 0 aromatic rings. The molecule has 0 bridgehead atoms. The third-order valence-electron chi connectivity index (χ3n) is 10.1. The third kappa shape index (κ3) is 10.2. The Morgan fingerprint density at radius 3 is 2.25 bits per heavy atom. The van der Waals surface area contributed by atoms with E-state index >= 15 is 0 Å². The maximum absolute atomic E-state index is 14.5. The minimum absolute atomic E-state index is 0.0907. The van der Waals surface area contributed by atoms with Crippen LogP contribution in [0.2, 0.25) is 0 Å². The van der Waals surface area contributed by atoms with Gasteiger partial charge >= 0.3 is 0 Å². The second kappa shape index (κ2) is 17.5. The van der Waals surface area contributed by atoms with Crippen LogP contribution in [0.5, 0.6) is 0 Å². The van der Waals surface area contributed by atoms with Gasteiger partial charge in [-0.05, 0) is 49.4 Å². The fourth-order valence-electron chi connectivity index (χ4n) is 7.08. The van der Waals surface area contributed by atoms with E-state index in [0.717, 1.165) is 32.1 Å². The van der Waals surface area contributed by atoms with Crippen molar-refractivity contribution >= 4 is 35.3 Å². The van der Waals surface area contributed by atoms with Crippen molar-refractivity contribution in [3.63, 3.8) is 0 Å². The Labute approximate surface area is 285 Å². The minimum atomic E-state index is -1.35. The number of nitrogens with one attached hydrogen (secondary N) is 4. The lowest BCUT2D eigenvalue weighted by Gasteiger charge is -2.44. The summed E-state index contributed by atoms with van der Waals surface area (Å²) in [5, 5.41) is 23.0. The summed E-state index contributed by atoms with van der Waals surface area (Å²) in [5.41, 5.74) is -0.969. The zero-order chi connectivity index (χ0) is 35.6. The molecule has 0 aromatic heterocycles. The highest BCUT2D eigenvalue weighted by Gasteiger charge is 2.47. The summed E-state index contributed by atoms with van der Waals surface area (Å²) in [5.74, 6) is -2.80. The Bertz CT molecular complexity index is 1180. The van der Waals surface area contributed by atoms with Gasteiger partial charge in [-0.1, -0.05) is 66.4 Å². The average Bonchev–Trinajstić information content (AvgIpc) is 3.53. The van der Waals surface area contributed by atoms with Gasteiger partial charge in [0.05, 0.1) is 12.1 Å². The topological polar surface area (TPSA) is 177 Å². The smallest absolute Gasteiger partial charge is 0.289 e. The maximum atomic E-state index is 14.5. The fourth-order valence-corrected chi connectivity index (χ4v) is 7.08. The number of ketones is 1. The summed E-state index contributed by atoms with van der Waals surface area (Å²) >= 11 is 0. The molecule has 2 saturated heterocycles. The molecule has 2 heterocycles. The van der Waals surface area contributed by atoms with Crippen molar-refractivity contribution in [1.29, 1.82) is 0 Å². The summed E-state index contributed by atoms with van der Waals surface area (Å²) in [7, 11) is 0. The number of amides is 5. The van der Waals surface area contributed by atoms with Crippen molar-refractivity contribution in [1.82, 2.24) is 31.1 Å². The molecule has 3 aliphatic rings. The number of imide groups is 1. The van der Waals surface area contributed by atoms with Crippen molar-refractivity contribution in [3.8, 4) is 0 Å². The molecular formula is C35H58N6O7. The number of hydrogen-bond donors (Lipinski definition) is 5. The molecule has 2 unspecified atom stereocenters. The number of hydrogen-bond acceptors (Lipinski definition) is 9. The highest BCUT2D eigenvalue weighted by Crippen LogP contribution is 2.40. The molecule has 0 spiro atoms. The largest absolute Gasteiger partial charge is 0.365 e. The van der Waals surface area contributed by atoms with Gasteiger partial charge in [0.1, 0.15) is 6.04 Å². The van der Waals surface area contributed by atoms with Crippen LogP contribution >= 0.6 is 0 Å². The van der Waals surface area contributed by atoms with Gasteiger partial charge in [0.25, 0.3) is 5.91 Å². The molecule has 13 nitrogen and oxygen atoms in total. The van der Waals surface area contributed by atoms with E-state index < -0.39 is 58.9 Å². The molecule has 0 aromatic carbocycles. The van der Waals surface area contributed by atoms with Gasteiger partial charge in [0.15, 0.2) is 6.35 Å². The fraction of sp³-hybridized carbons (Fsp3) is 0.771. The van der Waals surface area contributed by atoms with Crippen molar-refractivity contribution in [2.45, 2.75) is 142 Å². The minimum Gasteiger partial charge on any atom is -0.365 e. The van der Waals surface area contributed by atoms with Gasteiger partial charge in [-0.15, -0.1) is 6.58 Å². The van der Waals surface area contributed by atoms with Gasteiger partial charge in [0.2, 0.25) is 29.4 Å². The predicted molar refractivity (Wildman–Crippen MR) is 181 cm³/mol. The van der Waals surface area contributed by atoms with Gasteiger partial charge < -0.3 is 20.6 Å². The second-order valence-electron chi connectivity index (χ2n) is 15.0. The Morgan fingerprint density at radius 1 is 1.02 bits per heavy atom. The number of nitrogens with zero attached hydrogens (tertiary/aromatic N) is 2. The molecule has 0 radical (unpaired) electrons. The van der Waals surface area contributed by atoms with Gasteiger partial charge in [-0.25, -0.2) is 0 Å². The lowest BCUT2D eigenvalue weighted by Crippen LogP contribution is -2.65. The molecule has 13 heteroatoms. The Hall–Kier alpha value is -3.16. The van der Waals surface area contributed by atoms with Gasteiger partial charge in [-0.2, -0.15) is 0 Å². The van der Waals surface area contributed by atoms with E-state index in [9.17, 15) is 33.9 Å². The van der Waals surface area contributed by atoms with Crippen molar-refractivity contribution in [2.24, 2.45) is 10.8 Å². The summed E-state index contributed by atoms with van der Waals surface area (Å²) in [6.07, 6.45) is 7.47. The van der Waals surface area contributed by atoms with E-state index in [1.54, 1.807) is 0 Å². The number of likely N-dealkylation sites (tertiary alicyclic amines) is 2. The van der Waals surface area contributed by atoms with E-state index in [0.29, 0.717) is 45.1 Å². The number of Topliss-reactive ketones (excluding diaryl/α,β-unsaturated/α-hetero) is 1. The third-order valence-corrected chi connectivity index (χ3v) is 10.1. The summed E-state index contributed by atoms with van der Waals surface area (Å²) < 4.78 is 0. The van der Waals surface area contributed by atoms with E-state index in [-0.39, 0.29) is 37.2 Å². The molecule has 3 fully saturated rings. The number of aliphatic hydroxyl groups excluding tert-OH is 1. The first-order valence-electron chi connectivity index (χ1n) is 17.7. The molecule has 1 aliphatic carbocycles. The monoisotopic (exact) mass is 674 g/mol. The highest BCUT2D eigenvalue weighted by atomic mass is 16.3. The lowest BCUT2D eigenvalue weighted by atomic mass is 9.70. The number of carbonyl (C=O) groups is 6. The SMILES string of the molecule is C=CCNC(=O)C(=O)C(CCC)NC(=O)[C@@H]1CCCN1C(=O)[C@@H](NC(O)N[C@H](CN1C(=O)CCCC1=O)C(C)(C)C)C1(C)CCCCC1. The Morgan fingerprint density at radius 2 is 1.67 bits per heavy atom. The van der Waals surface area contributed by atoms with Crippen molar-refractivity contribution in [2.75, 3.05) is 19.6 Å². The maximum Gasteiger partial charge on any atom is 0.289 e. The molecule has 5 atom stereocenters. The summed E-state index contributed by atoms with van der Waals surface area (Å²) in [6.45, 7) is 13.8. The molecular weight excluding hydrogens is 616 g/mol. The molecule has 1 saturated carbocycles. The number of aliphatic hydroxyl groups is 1. The molecule has 3 rings (SSSR count). The first kappa shape index (κ1) is 39.3. The summed E-state index contributed by atoms with van der Waals surface area (Å²) in [4.78, 5) is 81.3. The van der Waals surface area contributed by atoms with Crippen LogP contribution in [-0.4, -0.2) is 100 Å². The first-order valence-corrected chi connectivity index (χ1v) is 17.7. The molecule has 270 valence electrons. The zero-order valence-corrected chi connectivity index (χ0v) is 29.6. The summed E-state index contributed by atoms with van der Waals surface area (Å²) in [6, 6.07) is -3.18. The number of rotatable bonds is 16. The predicted octanol–water partition coefficient (Wildman–Crippen LogP) is 1.88. The standard InChI is InChI=1S/C35H58N6O7/c1-7-14-23(28(44)31(46)36-20-8-2)37-30(45)24-15-13-21-40(24)32(47)29(35(6)18-10-9-11-19-35)39-33(48)38-25(34(3,4)5)22-41-26(42)16-12-17-27(41)43/h8,23-25,29,33,38-39,48H,2,7,9-22H2,1,3-6H3,(H,36,46)(H,37,45)/t23?,24-,25+,29+,33?/m0/s1. The van der Waals surface area contributed by atoms with Crippen LogP contribution < -0.4 is 21.3 Å². The normalized spacial score (nSPS) is 22.4. The van der Waals surface area contributed by atoms with Gasteiger partial charge in [0, 0.05) is 38.5 Å². The quantitative estimate of drug-likeness (QED) is 0.0708. The van der Waals surface area contributed by atoms with E-state index in [2.05, 4.69) is 27.8 Å². The van der Waals surface area contributed by atoms with Crippen LogP contribution in [0.1, 0.15) is 112 Å². The zero-order valence-electron chi connectivity index (χ0n) is 29.6. The highest BCUT2D eigenvalue weighted by molar-refractivity contribution is 6.38. The second-order valence-corrected chi connectivity index (χ2v) is 15.0. The van der Waals surface area contributed by atoms with E-state index in [4.69, 9.17) is 0 Å². The Balaban J connectivity index is 1.80. The van der Waals surface area contributed by atoms with E-state index in [1.165, 1.54) is 15.9 Å². The van der Waals surface area contributed by atoms with Crippen LogP contribution in [0.3, 0.4) is 0 Å². The van der Waals surface area contributed by atoms with Crippen LogP contribution in [0, 0.1) is 10.8 Å².